The lowest BCUT2D eigenvalue weighted by molar-refractivity contribution is 0.0511. The van der Waals surface area contributed by atoms with Gasteiger partial charge in [0.1, 0.15) is 5.60 Å². The van der Waals surface area contributed by atoms with Crippen LogP contribution in [0.25, 0.3) is 0 Å². The van der Waals surface area contributed by atoms with E-state index in [0.717, 1.165) is 19.4 Å². The summed E-state index contributed by atoms with van der Waals surface area (Å²) >= 11 is 0. The van der Waals surface area contributed by atoms with Crippen molar-refractivity contribution in [1.82, 2.24) is 10.2 Å². The molecule has 0 radical (unpaired) electrons. The first-order valence-electron chi connectivity index (χ1n) is 6.24. The fourth-order valence-corrected chi connectivity index (χ4v) is 2.06. The van der Waals surface area contributed by atoms with Crippen molar-refractivity contribution in [1.29, 1.82) is 0 Å². The van der Waals surface area contributed by atoms with E-state index in [-0.39, 0.29) is 12.7 Å². The van der Waals surface area contributed by atoms with E-state index in [1.165, 1.54) is 0 Å². The molecule has 100 valence electrons. The predicted octanol–water partition coefficient (Wildman–Crippen LogP) is 0.968. The highest BCUT2D eigenvalue weighted by atomic mass is 16.6. The Morgan fingerprint density at radius 3 is 2.82 bits per heavy atom. The van der Waals surface area contributed by atoms with Crippen molar-refractivity contribution in [2.75, 3.05) is 26.2 Å². The van der Waals surface area contributed by atoms with Gasteiger partial charge in [-0.15, -0.1) is 0 Å². The number of carbonyl (C=O) groups is 1. The number of hydrogen-bond acceptors (Lipinski definition) is 4. The first-order valence-corrected chi connectivity index (χ1v) is 6.24. The maximum atomic E-state index is 11.5. The van der Waals surface area contributed by atoms with Crippen LogP contribution in [-0.2, 0) is 4.74 Å². The van der Waals surface area contributed by atoms with Crippen LogP contribution >= 0.6 is 0 Å². The number of nitrogens with zero attached hydrogens (tertiary/aromatic N) is 1. The fourth-order valence-electron chi connectivity index (χ4n) is 2.06. The summed E-state index contributed by atoms with van der Waals surface area (Å²) in [7, 11) is 0. The highest BCUT2D eigenvalue weighted by molar-refractivity contribution is 5.67. The van der Waals surface area contributed by atoms with Gasteiger partial charge in [0, 0.05) is 19.1 Å². The number of carbonyl (C=O) groups excluding carboxylic acids is 1. The molecule has 1 fully saturated rings. The molecule has 17 heavy (non-hydrogen) atoms. The summed E-state index contributed by atoms with van der Waals surface area (Å²) in [6, 6.07) is 0.328. The number of rotatable bonds is 4. The van der Waals surface area contributed by atoms with E-state index in [9.17, 15) is 4.79 Å². The van der Waals surface area contributed by atoms with Crippen LogP contribution < -0.4 is 5.32 Å². The van der Waals surface area contributed by atoms with Gasteiger partial charge in [0.05, 0.1) is 6.61 Å². The number of ether oxygens (including phenoxy) is 1. The van der Waals surface area contributed by atoms with Crippen molar-refractivity contribution >= 4 is 6.09 Å². The number of aliphatic hydroxyl groups excluding tert-OH is 1. The molecule has 0 aromatic rings. The Bertz CT molecular complexity index is 251. The predicted molar refractivity (Wildman–Crippen MR) is 65.9 cm³/mol. The fraction of sp³-hybridized carbons (Fsp3) is 0.917. The highest BCUT2D eigenvalue weighted by Gasteiger charge is 2.25. The monoisotopic (exact) mass is 244 g/mol. The van der Waals surface area contributed by atoms with Gasteiger partial charge in [-0.1, -0.05) is 0 Å². The summed E-state index contributed by atoms with van der Waals surface area (Å²) in [5.74, 6) is 0. The Labute approximate surface area is 103 Å². The van der Waals surface area contributed by atoms with Gasteiger partial charge in [0.25, 0.3) is 0 Å². The molecule has 0 bridgehead atoms. The number of β-amino-alcohol motifs (C(OH)–C–C–N with tert-alkyl or cyclic N) is 1. The quantitative estimate of drug-likeness (QED) is 0.773. The van der Waals surface area contributed by atoms with Crippen molar-refractivity contribution in [3.63, 3.8) is 0 Å². The van der Waals surface area contributed by atoms with Crippen LogP contribution in [0.2, 0.25) is 0 Å². The minimum absolute atomic E-state index is 0.170. The maximum absolute atomic E-state index is 11.5. The molecule has 1 aliphatic heterocycles. The molecule has 0 spiro atoms. The summed E-state index contributed by atoms with van der Waals surface area (Å²) in [6.45, 7) is 7.99. The molecule has 0 unspecified atom stereocenters. The molecular formula is C12H24N2O3. The molecule has 0 aromatic heterocycles. The standard InChI is InChI=1S/C12H24N2O3/c1-12(2,3)17-11(16)13-9-10-5-4-6-14(10)7-8-15/h10,15H,4-9H2,1-3H3,(H,13,16)/t10-/m0/s1. The summed E-state index contributed by atoms with van der Waals surface area (Å²) in [6.07, 6.45) is 1.82. The number of amides is 1. The zero-order valence-electron chi connectivity index (χ0n) is 11.0. The topological polar surface area (TPSA) is 61.8 Å². The molecule has 5 heteroatoms. The van der Waals surface area contributed by atoms with Crippen LogP contribution in [0.15, 0.2) is 0 Å². The van der Waals surface area contributed by atoms with E-state index in [4.69, 9.17) is 9.84 Å². The van der Waals surface area contributed by atoms with Crippen molar-refractivity contribution in [2.45, 2.75) is 45.3 Å². The number of nitrogens with one attached hydrogen (secondary N) is 1. The second-order valence-corrected chi connectivity index (χ2v) is 5.44. The van der Waals surface area contributed by atoms with Crippen molar-refractivity contribution in [2.24, 2.45) is 0 Å². The lowest BCUT2D eigenvalue weighted by atomic mass is 10.2. The summed E-state index contributed by atoms with van der Waals surface area (Å²) in [4.78, 5) is 13.7. The normalized spacial score (nSPS) is 21.5. The Morgan fingerprint density at radius 2 is 2.24 bits per heavy atom. The van der Waals surface area contributed by atoms with Crippen LogP contribution in [0.1, 0.15) is 33.6 Å². The van der Waals surface area contributed by atoms with Crippen LogP contribution in [0.3, 0.4) is 0 Å². The molecule has 0 aliphatic carbocycles. The first kappa shape index (κ1) is 14.3. The molecule has 1 atom stereocenters. The molecular weight excluding hydrogens is 220 g/mol. The first-order chi connectivity index (χ1) is 7.92. The summed E-state index contributed by atoms with van der Waals surface area (Å²) < 4.78 is 5.17. The Balaban J connectivity index is 2.27. The minimum Gasteiger partial charge on any atom is -0.444 e. The average Bonchev–Trinajstić information content (AvgIpc) is 2.60. The lowest BCUT2D eigenvalue weighted by Crippen LogP contribution is -2.42. The van der Waals surface area contributed by atoms with Crippen molar-refractivity contribution < 1.29 is 14.6 Å². The third-order valence-electron chi connectivity index (χ3n) is 2.77. The summed E-state index contributed by atoms with van der Waals surface area (Å²) in [5.41, 5.74) is -0.454. The van der Waals surface area contributed by atoms with E-state index in [1.807, 2.05) is 20.8 Å². The van der Waals surface area contributed by atoms with Gasteiger partial charge in [0.2, 0.25) is 0 Å². The number of aliphatic hydroxyl groups is 1. The highest BCUT2D eigenvalue weighted by Crippen LogP contribution is 2.15. The second kappa shape index (κ2) is 6.21. The SMILES string of the molecule is CC(C)(C)OC(=O)NC[C@@H]1CCCN1CCO. The maximum Gasteiger partial charge on any atom is 0.407 e. The Kier molecular flexibility index (Phi) is 5.21. The molecule has 1 rings (SSSR count). The van der Waals surface area contributed by atoms with Gasteiger partial charge in [-0.3, -0.25) is 4.90 Å². The van der Waals surface area contributed by atoms with Crippen LogP contribution in [0, 0.1) is 0 Å². The van der Waals surface area contributed by atoms with Crippen molar-refractivity contribution in [3.8, 4) is 0 Å². The molecule has 1 saturated heterocycles. The molecule has 0 saturated carbocycles. The number of hydrogen-bond donors (Lipinski definition) is 2. The molecule has 1 heterocycles. The van der Waals surface area contributed by atoms with Gasteiger partial charge in [-0.25, -0.2) is 4.79 Å². The number of likely N-dealkylation sites (tertiary alicyclic amines) is 1. The Hall–Kier alpha value is -0.810. The van der Waals surface area contributed by atoms with Gasteiger partial charge in [-0.2, -0.15) is 0 Å². The Morgan fingerprint density at radius 1 is 1.53 bits per heavy atom. The zero-order chi connectivity index (χ0) is 12.9. The lowest BCUT2D eigenvalue weighted by Gasteiger charge is -2.25. The van der Waals surface area contributed by atoms with Gasteiger partial charge in [0.15, 0.2) is 0 Å². The van der Waals surface area contributed by atoms with E-state index in [2.05, 4.69) is 10.2 Å². The number of alkyl carbamates (subject to hydrolysis) is 1. The molecule has 1 aliphatic rings. The molecule has 1 amide bonds. The van der Waals surface area contributed by atoms with Crippen LogP contribution in [0.5, 0.6) is 0 Å². The third-order valence-corrected chi connectivity index (χ3v) is 2.77. The van der Waals surface area contributed by atoms with E-state index in [0.29, 0.717) is 19.1 Å². The summed E-state index contributed by atoms with van der Waals surface area (Å²) in [5, 5.41) is 11.7. The van der Waals surface area contributed by atoms with E-state index < -0.39 is 5.60 Å². The average molecular weight is 244 g/mol. The third kappa shape index (κ3) is 5.37. The van der Waals surface area contributed by atoms with Gasteiger partial charge < -0.3 is 15.2 Å². The molecule has 0 aromatic carbocycles. The van der Waals surface area contributed by atoms with Crippen LogP contribution in [-0.4, -0.2) is 54.0 Å². The van der Waals surface area contributed by atoms with Crippen molar-refractivity contribution in [3.05, 3.63) is 0 Å². The smallest absolute Gasteiger partial charge is 0.407 e. The van der Waals surface area contributed by atoms with Crippen LogP contribution in [0.4, 0.5) is 4.79 Å². The van der Waals surface area contributed by atoms with E-state index in [1.54, 1.807) is 0 Å². The molecule has 2 N–H and O–H groups in total. The largest absolute Gasteiger partial charge is 0.444 e. The van der Waals surface area contributed by atoms with E-state index >= 15 is 0 Å². The van der Waals surface area contributed by atoms with Gasteiger partial charge in [-0.05, 0) is 40.2 Å². The van der Waals surface area contributed by atoms with Gasteiger partial charge >= 0.3 is 6.09 Å². The second-order valence-electron chi connectivity index (χ2n) is 5.44. The molecule has 5 nitrogen and oxygen atoms in total. The minimum atomic E-state index is -0.454. The zero-order valence-corrected chi connectivity index (χ0v) is 11.0.